The number of amides is 1. The van der Waals surface area contributed by atoms with Crippen molar-refractivity contribution < 1.29 is 13.2 Å². The Morgan fingerprint density at radius 1 is 1.39 bits per heavy atom. The fraction of sp³-hybridized carbons (Fsp3) is 0.417. The van der Waals surface area contributed by atoms with Crippen molar-refractivity contribution in [2.75, 3.05) is 6.54 Å². The van der Waals surface area contributed by atoms with Crippen molar-refractivity contribution in [3.8, 4) is 0 Å². The minimum absolute atomic E-state index is 0.0653. The molecule has 0 atom stereocenters. The molecule has 1 aromatic carbocycles. The van der Waals surface area contributed by atoms with Crippen molar-refractivity contribution in [2.45, 2.75) is 25.7 Å². The van der Waals surface area contributed by atoms with E-state index in [0.29, 0.717) is 23.6 Å². The lowest BCUT2D eigenvalue weighted by Gasteiger charge is -2.10. The van der Waals surface area contributed by atoms with E-state index < -0.39 is 9.05 Å². The second-order valence-electron chi connectivity index (χ2n) is 4.52. The third-order valence-electron chi connectivity index (χ3n) is 2.41. The maximum Gasteiger partial charge on any atom is 0.261 e. The minimum atomic E-state index is -3.81. The predicted octanol–water partition coefficient (Wildman–Crippen LogP) is 2.31. The summed E-state index contributed by atoms with van der Waals surface area (Å²) >= 11 is 0. The third-order valence-corrected chi connectivity index (χ3v) is 3.76. The zero-order valence-electron chi connectivity index (χ0n) is 10.5. The number of carbonyl (C=O) groups is 1. The van der Waals surface area contributed by atoms with E-state index in [1.165, 1.54) is 12.1 Å². The molecule has 0 heterocycles. The highest BCUT2D eigenvalue weighted by Crippen LogP contribution is 2.19. The first-order valence-electron chi connectivity index (χ1n) is 5.55. The highest BCUT2D eigenvalue weighted by atomic mass is 35.7. The molecule has 0 aliphatic carbocycles. The molecule has 0 aromatic heterocycles. The standard InChI is InChI=1S/C12H16ClNO3S/c1-8(2)7-14-12(15)11-6-10(18(13,16)17)5-4-9(11)3/h4-6,8H,7H2,1-3H3,(H,14,15). The molecule has 0 saturated carbocycles. The zero-order chi connectivity index (χ0) is 13.9. The summed E-state index contributed by atoms with van der Waals surface area (Å²) < 4.78 is 22.4. The number of carbonyl (C=O) groups excluding carboxylic acids is 1. The Morgan fingerprint density at radius 3 is 2.50 bits per heavy atom. The Morgan fingerprint density at radius 2 is 2.00 bits per heavy atom. The highest BCUT2D eigenvalue weighted by molar-refractivity contribution is 8.13. The van der Waals surface area contributed by atoms with Crippen molar-refractivity contribution in [1.29, 1.82) is 0 Å². The van der Waals surface area contributed by atoms with Gasteiger partial charge in [-0.05, 0) is 30.5 Å². The molecular formula is C12H16ClNO3S. The summed E-state index contributed by atoms with van der Waals surface area (Å²) in [6.07, 6.45) is 0. The maximum absolute atomic E-state index is 11.9. The van der Waals surface area contributed by atoms with Crippen molar-refractivity contribution >= 4 is 25.6 Å². The summed E-state index contributed by atoms with van der Waals surface area (Å²) in [5.41, 5.74) is 1.04. The second-order valence-corrected chi connectivity index (χ2v) is 7.08. The van der Waals surface area contributed by atoms with Gasteiger partial charge in [0.05, 0.1) is 4.90 Å². The van der Waals surface area contributed by atoms with Gasteiger partial charge in [-0.3, -0.25) is 4.79 Å². The van der Waals surface area contributed by atoms with Gasteiger partial charge in [0.1, 0.15) is 0 Å². The summed E-state index contributed by atoms with van der Waals surface area (Å²) in [6.45, 7) is 6.24. The fourth-order valence-electron chi connectivity index (χ4n) is 1.39. The van der Waals surface area contributed by atoms with Crippen LogP contribution in [0.1, 0.15) is 29.8 Å². The molecule has 6 heteroatoms. The van der Waals surface area contributed by atoms with E-state index in [9.17, 15) is 13.2 Å². The Balaban J connectivity index is 3.05. The van der Waals surface area contributed by atoms with Crippen molar-refractivity contribution in [2.24, 2.45) is 5.92 Å². The smallest absolute Gasteiger partial charge is 0.261 e. The van der Waals surface area contributed by atoms with Crippen LogP contribution in [0, 0.1) is 12.8 Å². The van der Waals surface area contributed by atoms with Crippen molar-refractivity contribution in [1.82, 2.24) is 5.32 Å². The molecule has 0 bridgehead atoms. The molecule has 0 unspecified atom stereocenters. The Bertz CT molecular complexity index is 552. The monoisotopic (exact) mass is 289 g/mol. The minimum Gasteiger partial charge on any atom is -0.352 e. The summed E-state index contributed by atoms with van der Waals surface area (Å²) in [6, 6.07) is 4.25. The topological polar surface area (TPSA) is 63.2 Å². The van der Waals surface area contributed by atoms with Crippen LogP contribution in [-0.4, -0.2) is 20.9 Å². The molecule has 1 amide bonds. The van der Waals surface area contributed by atoms with Gasteiger partial charge in [0.2, 0.25) is 0 Å². The lowest BCUT2D eigenvalue weighted by atomic mass is 10.1. The molecule has 0 aliphatic rings. The fourth-order valence-corrected chi connectivity index (χ4v) is 2.17. The average Bonchev–Trinajstić information content (AvgIpc) is 2.24. The van der Waals surface area contributed by atoms with Gasteiger partial charge in [0.25, 0.3) is 15.0 Å². The third kappa shape index (κ3) is 3.99. The predicted molar refractivity (Wildman–Crippen MR) is 71.4 cm³/mol. The van der Waals surface area contributed by atoms with E-state index in [1.807, 2.05) is 13.8 Å². The van der Waals surface area contributed by atoms with Crippen LogP contribution in [0.3, 0.4) is 0 Å². The van der Waals surface area contributed by atoms with Gasteiger partial charge in [-0.15, -0.1) is 0 Å². The van der Waals surface area contributed by atoms with E-state index in [0.717, 1.165) is 0 Å². The number of rotatable bonds is 4. The largest absolute Gasteiger partial charge is 0.352 e. The van der Waals surface area contributed by atoms with Gasteiger partial charge in [-0.2, -0.15) is 0 Å². The van der Waals surface area contributed by atoms with Crippen LogP contribution in [0.2, 0.25) is 0 Å². The molecule has 100 valence electrons. The quantitative estimate of drug-likeness (QED) is 0.865. The number of hydrogen-bond acceptors (Lipinski definition) is 3. The van der Waals surface area contributed by atoms with Gasteiger partial charge < -0.3 is 5.32 Å². The first-order valence-corrected chi connectivity index (χ1v) is 7.86. The molecule has 1 N–H and O–H groups in total. The molecule has 0 spiro atoms. The first-order chi connectivity index (χ1) is 8.21. The Labute approximate surface area is 112 Å². The van der Waals surface area contributed by atoms with Crippen LogP contribution in [-0.2, 0) is 9.05 Å². The van der Waals surface area contributed by atoms with Crippen LogP contribution in [0.5, 0.6) is 0 Å². The number of aryl methyl sites for hydroxylation is 1. The zero-order valence-corrected chi connectivity index (χ0v) is 12.1. The molecule has 0 aliphatic heterocycles. The van der Waals surface area contributed by atoms with Gasteiger partial charge in [0.15, 0.2) is 0 Å². The summed E-state index contributed by atoms with van der Waals surface area (Å²) in [7, 11) is 1.44. The average molecular weight is 290 g/mol. The van der Waals surface area contributed by atoms with E-state index in [1.54, 1.807) is 13.0 Å². The molecule has 1 rings (SSSR count). The van der Waals surface area contributed by atoms with Crippen LogP contribution < -0.4 is 5.32 Å². The lowest BCUT2D eigenvalue weighted by Crippen LogP contribution is -2.28. The van der Waals surface area contributed by atoms with E-state index in [4.69, 9.17) is 10.7 Å². The number of benzene rings is 1. The van der Waals surface area contributed by atoms with Crippen molar-refractivity contribution in [3.63, 3.8) is 0 Å². The Kier molecular flexibility index (Phi) is 4.76. The van der Waals surface area contributed by atoms with Gasteiger partial charge in [-0.25, -0.2) is 8.42 Å². The van der Waals surface area contributed by atoms with Crippen LogP contribution in [0.4, 0.5) is 0 Å². The number of nitrogens with one attached hydrogen (secondary N) is 1. The van der Waals surface area contributed by atoms with Crippen LogP contribution in [0.25, 0.3) is 0 Å². The summed E-state index contributed by atoms with van der Waals surface area (Å²) in [5.74, 6) is 0.0394. The van der Waals surface area contributed by atoms with Crippen molar-refractivity contribution in [3.05, 3.63) is 29.3 Å². The van der Waals surface area contributed by atoms with Gasteiger partial charge in [-0.1, -0.05) is 19.9 Å². The van der Waals surface area contributed by atoms with Crippen LogP contribution >= 0.6 is 10.7 Å². The van der Waals surface area contributed by atoms with Gasteiger partial charge >= 0.3 is 0 Å². The second kappa shape index (κ2) is 5.71. The maximum atomic E-state index is 11.9. The number of halogens is 1. The normalized spacial score (nSPS) is 11.6. The number of hydrogen-bond donors (Lipinski definition) is 1. The molecule has 18 heavy (non-hydrogen) atoms. The summed E-state index contributed by atoms with van der Waals surface area (Å²) in [5, 5.41) is 2.74. The molecule has 1 aromatic rings. The summed E-state index contributed by atoms with van der Waals surface area (Å²) in [4.78, 5) is 11.8. The van der Waals surface area contributed by atoms with E-state index >= 15 is 0 Å². The highest BCUT2D eigenvalue weighted by Gasteiger charge is 2.15. The molecule has 0 fully saturated rings. The Hall–Kier alpha value is -1.07. The van der Waals surface area contributed by atoms with Gasteiger partial charge in [0, 0.05) is 22.8 Å². The SMILES string of the molecule is Cc1ccc(S(=O)(=O)Cl)cc1C(=O)NCC(C)C. The molecular weight excluding hydrogens is 274 g/mol. The first kappa shape index (κ1) is 15.0. The van der Waals surface area contributed by atoms with E-state index in [2.05, 4.69) is 5.32 Å². The molecule has 0 radical (unpaired) electrons. The lowest BCUT2D eigenvalue weighted by molar-refractivity contribution is 0.0948. The van der Waals surface area contributed by atoms with Crippen LogP contribution in [0.15, 0.2) is 23.1 Å². The molecule has 0 saturated heterocycles. The van der Waals surface area contributed by atoms with E-state index in [-0.39, 0.29) is 10.8 Å². The molecule has 4 nitrogen and oxygen atoms in total.